The zero-order valence-corrected chi connectivity index (χ0v) is 22.2. The van der Waals surface area contributed by atoms with Gasteiger partial charge in [0, 0.05) is 60.6 Å². The number of likely N-dealkylation sites (N-methyl/N-ethyl adjacent to an activating group) is 1. The van der Waals surface area contributed by atoms with Gasteiger partial charge in [0.05, 0.1) is 0 Å². The summed E-state index contributed by atoms with van der Waals surface area (Å²) in [6, 6.07) is 10.1. The summed E-state index contributed by atoms with van der Waals surface area (Å²) in [4.78, 5) is 31.9. The Morgan fingerprint density at radius 2 is 1.81 bits per heavy atom. The van der Waals surface area contributed by atoms with Crippen molar-refractivity contribution in [2.24, 2.45) is 5.92 Å². The van der Waals surface area contributed by atoms with Crippen LogP contribution < -0.4 is 10.2 Å². The molecule has 9 nitrogen and oxygen atoms in total. The topological polar surface area (TPSA) is 103 Å². The molecule has 0 bridgehead atoms. The summed E-state index contributed by atoms with van der Waals surface area (Å²) in [6.45, 7) is 10.1. The van der Waals surface area contributed by atoms with Gasteiger partial charge in [-0.05, 0) is 49.3 Å². The average Bonchev–Trinajstić information content (AvgIpc) is 3.58. The van der Waals surface area contributed by atoms with Gasteiger partial charge in [-0.2, -0.15) is 20.1 Å². The van der Waals surface area contributed by atoms with E-state index in [1.807, 2.05) is 30.3 Å². The molecule has 2 fully saturated rings. The third-order valence-electron chi connectivity index (χ3n) is 6.56. The highest BCUT2D eigenvalue weighted by atomic mass is 32.2. The molecule has 1 aliphatic carbocycles. The van der Waals surface area contributed by atoms with Crippen molar-refractivity contribution in [3.63, 3.8) is 0 Å². The van der Waals surface area contributed by atoms with Crippen LogP contribution in [0.4, 0.5) is 17.7 Å². The van der Waals surface area contributed by atoms with Gasteiger partial charge in [0.1, 0.15) is 5.78 Å². The Morgan fingerprint density at radius 1 is 1.08 bits per heavy atom. The molecule has 0 unspecified atom stereocenters. The Kier molecular flexibility index (Phi) is 6.98. The Morgan fingerprint density at radius 3 is 2.44 bits per heavy atom. The summed E-state index contributed by atoms with van der Waals surface area (Å²) in [5, 5.41) is 11.4. The maximum absolute atomic E-state index is 12.1. The monoisotopic (exact) mass is 506 g/mol. The van der Waals surface area contributed by atoms with Gasteiger partial charge in [-0.3, -0.25) is 9.89 Å². The number of aromatic nitrogens is 5. The summed E-state index contributed by atoms with van der Waals surface area (Å²) in [5.74, 6) is 2.46. The number of hydrogen-bond acceptors (Lipinski definition) is 9. The first-order chi connectivity index (χ1) is 17.2. The van der Waals surface area contributed by atoms with Crippen molar-refractivity contribution < 1.29 is 4.79 Å². The fourth-order valence-corrected chi connectivity index (χ4v) is 4.75. The molecule has 190 valence electrons. The van der Waals surface area contributed by atoms with Crippen molar-refractivity contribution in [2.45, 2.75) is 55.5 Å². The molecular formula is C26H34N8OS. The van der Waals surface area contributed by atoms with Crippen LogP contribution >= 0.6 is 11.8 Å². The highest BCUT2D eigenvalue weighted by Crippen LogP contribution is 2.32. The Labute approximate surface area is 216 Å². The number of piperazine rings is 1. The molecule has 2 aliphatic rings. The van der Waals surface area contributed by atoms with E-state index in [2.05, 4.69) is 53.1 Å². The molecule has 0 spiro atoms. The molecule has 0 amide bonds. The standard InChI is InChI=1S/C26H34N8OS/c1-26(2,3)21-16-22(32-31-21)27-23-28-24(34-13-11-33(4)12-14-34)30-25(29-23)36-19-9-5-17(6-10-19)15-20(35)18-7-8-18/h5-6,9-10,16,18H,7-8,11-15H2,1-4H3,(H2,27,28,29,30,31,32). The van der Waals surface area contributed by atoms with Crippen molar-refractivity contribution in [3.8, 4) is 0 Å². The number of rotatable bonds is 8. The maximum Gasteiger partial charge on any atom is 0.234 e. The molecule has 1 aliphatic heterocycles. The van der Waals surface area contributed by atoms with E-state index in [9.17, 15) is 4.79 Å². The molecule has 3 heterocycles. The van der Waals surface area contributed by atoms with Crippen LogP contribution in [0.1, 0.15) is 44.9 Å². The number of hydrogen-bond donors (Lipinski definition) is 2. The zero-order chi connectivity index (χ0) is 25.3. The molecule has 3 aromatic rings. The summed E-state index contributed by atoms with van der Waals surface area (Å²) in [6.07, 6.45) is 2.62. The number of nitrogens with one attached hydrogen (secondary N) is 2. The van der Waals surface area contributed by atoms with E-state index in [4.69, 9.17) is 15.0 Å². The van der Waals surface area contributed by atoms with Gasteiger partial charge in [-0.25, -0.2) is 0 Å². The van der Waals surface area contributed by atoms with Gasteiger partial charge in [-0.15, -0.1) is 0 Å². The fourth-order valence-electron chi connectivity index (χ4n) is 4.01. The minimum Gasteiger partial charge on any atom is -0.338 e. The molecule has 10 heteroatoms. The molecule has 1 saturated heterocycles. The van der Waals surface area contributed by atoms with Crippen LogP contribution in [0.5, 0.6) is 0 Å². The normalized spacial score (nSPS) is 16.8. The lowest BCUT2D eigenvalue weighted by molar-refractivity contribution is -0.119. The molecule has 2 aromatic heterocycles. The van der Waals surface area contributed by atoms with E-state index in [1.165, 1.54) is 11.8 Å². The second-order valence-electron chi connectivity index (χ2n) is 10.7. The second-order valence-corrected chi connectivity index (χ2v) is 11.8. The minimum atomic E-state index is -0.0343. The van der Waals surface area contributed by atoms with E-state index < -0.39 is 0 Å². The molecule has 0 radical (unpaired) electrons. The van der Waals surface area contributed by atoms with Crippen LogP contribution in [0.25, 0.3) is 0 Å². The van der Waals surface area contributed by atoms with Crippen LogP contribution in [0, 0.1) is 5.92 Å². The number of ketones is 1. The van der Waals surface area contributed by atoms with Crippen LogP contribution in [-0.2, 0) is 16.6 Å². The zero-order valence-electron chi connectivity index (χ0n) is 21.4. The largest absolute Gasteiger partial charge is 0.338 e. The van der Waals surface area contributed by atoms with E-state index in [1.54, 1.807) is 0 Å². The van der Waals surface area contributed by atoms with E-state index >= 15 is 0 Å². The van der Waals surface area contributed by atoms with Gasteiger partial charge >= 0.3 is 0 Å². The van der Waals surface area contributed by atoms with Gasteiger partial charge in [0.2, 0.25) is 11.9 Å². The van der Waals surface area contributed by atoms with Crippen LogP contribution in [-0.4, -0.2) is 69.1 Å². The molecular weight excluding hydrogens is 472 g/mol. The first-order valence-electron chi connectivity index (χ1n) is 12.5. The average molecular weight is 507 g/mol. The van der Waals surface area contributed by atoms with Gasteiger partial charge in [-0.1, -0.05) is 32.9 Å². The van der Waals surface area contributed by atoms with Crippen molar-refractivity contribution in [2.75, 3.05) is 43.4 Å². The van der Waals surface area contributed by atoms with Gasteiger partial charge in [0.15, 0.2) is 11.0 Å². The molecule has 1 aromatic carbocycles. The number of Topliss-reactive ketones (excluding diaryl/α,β-unsaturated/α-hetero) is 1. The van der Waals surface area contributed by atoms with Crippen LogP contribution in [0.3, 0.4) is 0 Å². The third kappa shape index (κ3) is 6.22. The van der Waals surface area contributed by atoms with Crippen molar-refractivity contribution in [1.82, 2.24) is 30.0 Å². The lowest BCUT2D eigenvalue weighted by atomic mass is 9.92. The Bertz CT molecular complexity index is 1210. The summed E-state index contributed by atoms with van der Waals surface area (Å²) >= 11 is 1.49. The number of aromatic amines is 1. The summed E-state index contributed by atoms with van der Waals surface area (Å²) < 4.78 is 0. The first-order valence-corrected chi connectivity index (χ1v) is 13.4. The predicted octanol–water partition coefficient (Wildman–Crippen LogP) is 4.06. The highest BCUT2D eigenvalue weighted by Gasteiger charge is 2.29. The van der Waals surface area contributed by atoms with Crippen molar-refractivity contribution >= 4 is 35.3 Å². The third-order valence-corrected chi connectivity index (χ3v) is 7.43. The highest BCUT2D eigenvalue weighted by molar-refractivity contribution is 7.99. The number of carbonyl (C=O) groups excluding carboxylic acids is 1. The summed E-state index contributed by atoms with van der Waals surface area (Å²) in [7, 11) is 2.13. The molecule has 36 heavy (non-hydrogen) atoms. The molecule has 0 atom stereocenters. The lowest BCUT2D eigenvalue weighted by Gasteiger charge is -2.32. The Hall–Kier alpha value is -2.98. The first kappa shape index (κ1) is 24.7. The van der Waals surface area contributed by atoms with Crippen LogP contribution in [0.2, 0.25) is 0 Å². The van der Waals surface area contributed by atoms with E-state index in [0.29, 0.717) is 35.1 Å². The Balaban J connectivity index is 1.36. The minimum absolute atomic E-state index is 0.0343. The predicted molar refractivity (Wildman–Crippen MR) is 142 cm³/mol. The SMILES string of the molecule is CN1CCN(c2nc(Nc3cc(C(C)(C)C)[nH]n3)nc(Sc3ccc(CC(=O)C4CC4)cc3)n2)CC1. The molecule has 2 N–H and O–H groups in total. The number of benzene rings is 1. The van der Waals surface area contributed by atoms with Crippen LogP contribution in [0.15, 0.2) is 40.4 Å². The second kappa shape index (κ2) is 10.2. The number of carbonyl (C=O) groups is 1. The van der Waals surface area contributed by atoms with Crippen molar-refractivity contribution in [3.05, 3.63) is 41.6 Å². The van der Waals surface area contributed by atoms with E-state index in [-0.39, 0.29) is 11.3 Å². The quantitative estimate of drug-likeness (QED) is 0.468. The van der Waals surface area contributed by atoms with Gasteiger partial charge < -0.3 is 15.1 Å². The molecule has 1 saturated carbocycles. The molecule has 5 rings (SSSR count). The fraction of sp³-hybridized carbons (Fsp3) is 0.500. The van der Waals surface area contributed by atoms with Crippen molar-refractivity contribution in [1.29, 1.82) is 0 Å². The number of anilines is 3. The smallest absolute Gasteiger partial charge is 0.234 e. The van der Waals surface area contributed by atoms with E-state index in [0.717, 1.165) is 55.2 Å². The number of H-pyrrole nitrogens is 1. The van der Waals surface area contributed by atoms with Gasteiger partial charge in [0.25, 0.3) is 0 Å². The summed E-state index contributed by atoms with van der Waals surface area (Å²) in [5.41, 5.74) is 2.06. The maximum atomic E-state index is 12.1. The number of nitrogens with zero attached hydrogens (tertiary/aromatic N) is 6. The lowest BCUT2D eigenvalue weighted by Crippen LogP contribution is -2.45.